The maximum Gasteiger partial charge on any atom is 0.243 e. The number of nitrogens with zero attached hydrogens (tertiary/aromatic N) is 1. The second kappa shape index (κ2) is 13.6. The second-order valence-electron chi connectivity index (χ2n) is 10.4. The molecule has 1 amide bonds. The Bertz CT molecular complexity index is 1360. The predicted molar refractivity (Wildman–Crippen MR) is 156 cm³/mol. The lowest BCUT2D eigenvalue weighted by atomic mass is 10.00. The molecule has 0 aromatic heterocycles. The number of carbonyl (C=O) groups excluding carboxylic acids is 1. The number of aryl methyl sites for hydroxylation is 1. The topological polar surface area (TPSA) is 113 Å². The number of rotatable bonds is 13. The van der Waals surface area contributed by atoms with E-state index in [0.717, 1.165) is 22.3 Å². The summed E-state index contributed by atoms with van der Waals surface area (Å²) in [5.74, 6) is -0.254. The lowest BCUT2D eigenvalue weighted by Crippen LogP contribution is -2.51. The van der Waals surface area contributed by atoms with Crippen molar-refractivity contribution in [2.45, 2.75) is 50.7 Å². The number of aliphatic hydroxyl groups excluding tert-OH is 1. The van der Waals surface area contributed by atoms with Crippen LogP contribution in [0.5, 0.6) is 0 Å². The third-order valence-electron chi connectivity index (χ3n) is 6.39. The molecule has 208 valence electrons. The Balaban J connectivity index is 1.84. The van der Waals surface area contributed by atoms with Gasteiger partial charge >= 0.3 is 0 Å². The van der Waals surface area contributed by atoms with E-state index in [9.17, 15) is 18.3 Å². The smallest absolute Gasteiger partial charge is 0.243 e. The molecule has 0 radical (unpaired) electrons. The number of sulfonamides is 1. The molecule has 3 aromatic carbocycles. The molecule has 4 N–H and O–H groups in total. The summed E-state index contributed by atoms with van der Waals surface area (Å²) in [4.78, 5) is 13.3. The van der Waals surface area contributed by atoms with Crippen molar-refractivity contribution >= 4 is 21.6 Å². The number of nitrogens with two attached hydrogens (primary N) is 1. The van der Waals surface area contributed by atoms with Gasteiger partial charge in [-0.3, -0.25) is 4.79 Å². The largest absolute Gasteiger partial charge is 0.399 e. The Morgan fingerprint density at radius 3 is 2.23 bits per heavy atom. The van der Waals surface area contributed by atoms with E-state index in [2.05, 4.69) is 11.9 Å². The first kappa shape index (κ1) is 30.1. The van der Waals surface area contributed by atoms with Gasteiger partial charge in [0.15, 0.2) is 0 Å². The summed E-state index contributed by atoms with van der Waals surface area (Å²) >= 11 is 0. The summed E-state index contributed by atoms with van der Waals surface area (Å²) in [6, 6.07) is 22.7. The Morgan fingerprint density at radius 1 is 0.974 bits per heavy atom. The Hall–Kier alpha value is -3.46. The molecule has 0 spiro atoms. The van der Waals surface area contributed by atoms with Gasteiger partial charge in [-0.2, -0.15) is 4.31 Å². The summed E-state index contributed by atoms with van der Waals surface area (Å²) in [7, 11) is -3.86. The molecule has 0 aliphatic carbocycles. The number of aliphatic hydroxyl groups is 1. The van der Waals surface area contributed by atoms with Crippen LogP contribution in [0.1, 0.15) is 36.1 Å². The molecule has 3 rings (SSSR count). The van der Waals surface area contributed by atoms with Crippen LogP contribution >= 0.6 is 0 Å². The van der Waals surface area contributed by atoms with Gasteiger partial charge in [0.1, 0.15) is 0 Å². The summed E-state index contributed by atoms with van der Waals surface area (Å²) in [5, 5.41) is 14.3. The minimum absolute atomic E-state index is 0.0316. The maximum absolute atomic E-state index is 13.6. The fourth-order valence-electron chi connectivity index (χ4n) is 4.35. The predicted octanol–water partition coefficient (Wildman–Crippen LogP) is 3.90. The molecule has 0 bridgehead atoms. The molecule has 0 aliphatic rings. The molecule has 0 saturated carbocycles. The van der Waals surface area contributed by atoms with Gasteiger partial charge in [-0.15, -0.1) is 0 Å². The normalized spacial score (nSPS) is 13.3. The van der Waals surface area contributed by atoms with Crippen molar-refractivity contribution in [3.8, 4) is 0 Å². The highest BCUT2D eigenvalue weighted by atomic mass is 32.2. The first-order valence-electron chi connectivity index (χ1n) is 13.1. The van der Waals surface area contributed by atoms with Crippen LogP contribution in [0, 0.1) is 12.8 Å². The molecular weight excluding hydrogens is 510 g/mol. The first-order valence-corrected chi connectivity index (χ1v) is 14.5. The fourth-order valence-corrected chi connectivity index (χ4v) is 5.97. The number of amides is 1. The number of hydrogen-bond donors (Lipinski definition) is 3. The second-order valence-corrected chi connectivity index (χ2v) is 12.3. The van der Waals surface area contributed by atoms with E-state index >= 15 is 0 Å². The average Bonchev–Trinajstić information content (AvgIpc) is 2.88. The molecule has 8 heteroatoms. The highest BCUT2D eigenvalue weighted by Crippen LogP contribution is 2.20. The minimum atomic E-state index is -3.86. The van der Waals surface area contributed by atoms with E-state index in [-0.39, 0.29) is 36.2 Å². The number of hydrogen-bond acceptors (Lipinski definition) is 5. The van der Waals surface area contributed by atoms with Crippen LogP contribution in [0.2, 0.25) is 0 Å². The Morgan fingerprint density at radius 2 is 1.62 bits per heavy atom. The van der Waals surface area contributed by atoms with Gasteiger partial charge in [0.25, 0.3) is 0 Å². The molecular formula is C31H39N3O4S. The average molecular weight is 550 g/mol. The van der Waals surface area contributed by atoms with Crippen molar-refractivity contribution < 1.29 is 18.3 Å². The maximum atomic E-state index is 13.6. The number of nitrogens with one attached hydrogen (secondary N) is 1. The standard InChI is InChI=1S/C31H39N3O4S/c1-22(2)20-34(39(37,38)28-15-13-23(3)14-16-28)21-30(35)29(18-25-9-6-5-7-10-25)33-31(36)19-26-11-8-12-27(17-26)24(4)32/h5-17,22,29-30,35H,4,18-21,32H2,1-3H3,(H,33,36). The zero-order chi connectivity index (χ0) is 28.6. The quantitative estimate of drug-likeness (QED) is 0.299. The van der Waals surface area contributed by atoms with Crippen molar-refractivity contribution in [3.63, 3.8) is 0 Å². The molecule has 3 aromatic rings. The summed E-state index contributed by atoms with van der Waals surface area (Å²) in [6.45, 7) is 9.57. The fraction of sp³-hybridized carbons (Fsp3) is 0.323. The Kier molecular flexibility index (Phi) is 10.5. The molecule has 2 unspecified atom stereocenters. The van der Waals surface area contributed by atoms with Gasteiger partial charge in [-0.1, -0.05) is 86.7 Å². The van der Waals surface area contributed by atoms with Crippen LogP contribution in [0.25, 0.3) is 5.70 Å². The molecule has 39 heavy (non-hydrogen) atoms. The molecule has 0 heterocycles. The van der Waals surface area contributed by atoms with Crippen LogP contribution in [0.4, 0.5) is 0 Å². The summed E-state index contributed by atoms with van der Waals surface area (Å²) in [6.07, 6.45) is -0.729. The lowest BCUT2D eigenvalue weighted by Gasteiger charge is -2.31. The molecule has 0 aliphatic heterocycles. The van der Waals surface area contributed by atoms with Crippen LogP contribution < -0.4 is 11.1 Å². The first-order chi connectivity index (χ1) is 18.5. The Labute approximate surface area is 232 Å². The van der Waals surface area contributed by atoms with Gasteiger partial charge in [0.2, 0.25) is 15.9 Å². The summed E-state index contributed by atoms with van der Waals surface area (Å²) < 4.78 is 28.4. The lowest BCUT2D eigenvalue weighted by molar-refractivity contribution is -0.122. The van der Waals surface area contributed by atoms with Gasteiger partial charge in [0, 0.05) is 18.8 Å². The van der Waals surface area contributed by atoms with E-state index in [1.165, 1.54) is 4.31 Å². The van der Waals surface area contributed by atoms with E-state index in [0.29, 0.717) is 12.1 Å². The van der Waals surface area contributed by atoms with Gasteiger partial charge < -0.3 is 16.2 Å². The monoisotopic (exact) mass is 549 g/mol. The summed E-state index contributed by atoms with van der Waals surface area (Å²) in [5.41, 5.74) is 9.59. The van der Waals surface area contributed by atoms with Crippen molar-refractivity contribution in [1.82, 2.24) is 9.62 Å². The zero-order valence-corrected chi connectivity index (χ0v) is 23.7. The van der Waals surface area contributed by atoms with Gasteiger partial charge in [0.05, 0.1) is 23.5 Å². The molecule has 7 nitrogen and oxygen atoms in total. The highest BCUT2D eigenvalue weighted by Gasteiger charge is 2.31. The van der Waals surface area contributed by atoms with Crippen molar-refractivity contribution in [2.75, 3.05) is 13.1 Å². The zero-order valence-electron chi connectivity index (χ0n) is 22.9. The number of carbonyl (C=O) groups is 1. The van der Waals surface area contributed by atoms with Crippen LogP contribution in [-0.2, 0) is 27.7 Å². The van der Waals surface area contributed by atoms with E-state index in [1.807, 2.05) is 75.4 Å². The number of benzene rings is 3. The van der Waals surface area contributed by atoms with Crippen molar-refractivity contribution in [2.24, 2.45) is 11.7 Å². The van der Waals surface area contributed by atoms with E-state index < -0.39 is 22.2 Å². The third kappa shape index (κ3) is 8.78. The minimum Gasteiger partial charge on any atom is -0.399 e. The SMILES string of the molecule is C=C(N)c1cccc(CC(=O)NC(Cc2ccccc2)C(O)CN(CC(C)C)S(=O)(=O)c2ccc(C)cc2)c1. The molecule has 0 fully saturated rings. The van der Waals surface area contributed by atoms with E-state index in [4.69, 9.17) is 5.73 Å². The molecule has 2 atom stereocenters. The van der Waals surface area contributed by atoms with Crippen LogP contribution in [0.15, 0.2) is 90.3 Å². The molecule has 0 saturated heterocycles. The van der Waals surface area contributed by atoms with E-state index in [1.54, 1.807) is 24.3 Å². The van der Waals surface area contributed by atoms with Gasteiger partial charge in [-0.05, 0) is 54.2 Å². The van der Waals surface area contributed by atoms with Crippen molar-refractivity contribution in [1.29, 1.82) is 0 Å². The van der Waals surface area contributed by atoms with Crippen molar-refractivity contribution in [3.05, 3.63) is 108 Å². The highest BCUT2D eigenvalue weighted by molar-refractivity contribution is 7.89. The van der Waals surface area contributed by atoms with Crippen LogP contribution in [-0.4, -0.2) is 49.0 Å². The third-order valence-corrected chi connectivity index (χ3v) is 8.24. The van der Waals surface area contributed by atoms with Gasteiger partial charge in [-0.25, -0.2) is 8.42 Å². The van der Waals surface area contributed by atoms with Crippen LogP contribution in [0.3, 0.4) is 0 Å².